The summed E-state index contributed by atoms with van der Waals surface area (Å²) in [7, 11) is 0. The molecule has 0 bridgehead atoms. The summed E-state index contributed by atoms with van der Waals surface area (Å²) in [5.74, 6) is 0.957. The van der Waals surface area contributed by atoms with Crippen LogP contribution >= 0.6 is 0 Å². The fourth-order valence-electron chi connectivity index (χ4n) is 2.38. The molecule has 5 heteroatoms. The minimum atomic E-state index is -0.0459. The highest BCUT2D eigenvalue weighted by Crippen LogP contribution is 2.35. The third kappa shape index (κ3) is 3.38. The number of nitrogens with zero attached hydrogens (tertiary/aromatic N) is 5. The van der Waals surface area contributed by atoms with E-state index in [1.807, 2.05) is 0 Å². The second kappa shape index (κ2) is 6.86. The zero-order valence-corrected chi connectivity index (χ0v) is 14.1. The quantitative estimate of drug-likeness (QED) is 0.801. The molecule has 0 aliphatic rings. The van der Waals surface area contributed by atoms with Crippen LogP contribution in [0.1, 0.15) is 54.2 Å². The molecule has 0 spiro atoms. The second-order valence-corrected chi connectivity index (χ2v) is 5.90. The first-order chi connectivity index (χ1) is 9.40. The van der Waals surface area contributed by atoms with Crippen LogP contribution in [0.2, 0.25) is 0 Å². The van der Waals surface area contributed by atoms with E-state index >= 15 is 0 Å². The SMILES string of the molecule is CCN(CC)c1nnnc(C(C)(C)C)c1N(CC)CC. The lowest BCUT2D eigenvalue weighted by Crippen LogP contribution is -2.33. The molecule has 0 fully saturated rings. The van der Waals surface area contributed by atoms with Crippen molar-refractivity contribution >= 4 is 11.5 Å². The van der Waals surface area contributed by atoms with E-state index in [2.05, 4.69) is 73.7 Å². The van der Waals surface area contributed by atoms with Gasteiger partial charge in [0.15, 0.2) is 5.82 Å². The smallest absolute Gasteiger partial charge is 0.178 e. The normalized spacial score (nSPS) is 11.6. The largest absolute Gasteiger partial charge is 0.367 e. The molecule has 0 aliphatic heterocycles. The van der Waals surface area contributed by atoms with Gasteiger partial charge in [-0.1, -0.05) is 20.8 Å². The van der Waals surface area contributed by atoms with E-state index < -0.39 is 0 Å². The Morgan fingerprint density at radius 3 is 1.70 bits per heavy atom. The molecule has 1 aromatic rings. The van der Waals surface area contributed by atoms with Crippen molar-refractivity contribution in [2.24, 2.45) is 0 Å². The minimum absolute atomic E-state index is 0.0459. The molecule has 114 valence electrons. The van der Waals surface area contributed by atoms with Gasteiger partial charge in [0.2, 0.25) is 0 Å². The van der Waals surface area contributed by atoms with Crippen molar-refractivity contribution < 1.29 is 0 Å². The first-order valence-corrected chi connectivity index (χ1v) is 7.64. The number of hydrogen-bond donors (Lipinski definition) is 0. The molecule has 0 atom stereocenters. The second-order valence-electron chi connectivity index (χ2n) is 5.90. The van der Waals surface area contributed by atoms with Crippen molar-refractivity contribution in [3.05, 3.63) is 5.69 Å². The van der Waals surface area contributed by atoms with Gasteiger partial charge < -0.3 is 9.80 Å². The van der Waals surface area contributed by atoms with E-state index in [1.165, 1.54) is 0 Å². The summed E-state index contributed by atoms with van der Waals surface area (Å²) >= 11 is 0. The molecular weight excluding hydrogens is 250 g/mol. The van der Waals surface area contributed by atoms with Crippen molar-refractivity contribution in [1.29, 1.82) is 0 Å². The third-order valence-electron chi connectivity index (χ3n) is 3.57. The Hall–Kier alpha value is -1.39. The predicted octanol–water partition coefficient (Wildman–Crippen LogP) is 2.86. The van der Waals surface area contributed by atoms with Gasteiger partial charge in [-0.3, -0.25) is 0 Å². The number of rotatable bonds is 6. The number of hydrogen-bond acceptors (Lipinski definition) is 5. The lowest BCUT2D eigenvalue weighted by Gasteiger charge is -2.32. The van der Waals surface area contributed by atoms with Gasteiger partial charge in [0.1, 0.15) is 5.69 Å². The Balaban J connectivity index is 3.51. The lowest BCUT2D eigenvalue weighted by molar-refractivity contribution is 0.546. The summed E-state index contributed by atoms with van der Waals surface area (Å²) < 4.78 is 0. The molecule has 0 aromatic carbocycles. The van der Waals surface area contributed by atoms with Crippen LogP contribution in [0.15, 0.2) is 0 Å². The molecule has 1 heterocycles. The van der Waals surface area contributed by atoms with Gasteiger partial charge in [0.25, 0.3) is 0 Å². The van der Waals surface area contributed by atoms with Gasteiger partial charge in [-0.05, 0) is 32.9 Å². The molecule has 0 N–H and O–H groups in total. The summed E-state index contributed by atoms with van der Waals surface area (Å²) in [6.45, 7) is 18.9. The van der Waals surface area contributed by atoms with E-state index in [0.717, 1.165) is 43.4 Å². The fourth-order valence-corrected chi connectivity index (χ4v) is 2.38. The molecule has 0 saturated heterocycles. The van der Waals surface area contributed by atoms with Crippen LogP contribution in [0, 0.1) is 0 Å². The zero-order valence-electron chi connectivity index (χ0n) is 14.1. The Bertz CT molecular complexity index is 417. The zero-order chi connectivity index (χ0) is 15.3. The molecule has 0 amide bonds. The van der Waals surface area contributed by atoms with Crippen LogP contribution in [0.4, 0.5) is 11.5 Å². The van der Waals surface area contributed by atoms with Crippen LogP contribution in [0.3, 0.4) is 0 Å². The first-order valence-electron chi connectivity index (χ1n) is 7.64. The average molecular weight is 279 g/mol. The summed E-state index contributed by atoms with van der Waals surface area (Å²) in [5.41, 5.74) is 2.12. The van der Waals surface area contributed by atoms with Crippen LogP contribution in [-0.2, 0) is 5.41 Å². The predicted molar refractivity (Wildman–Crippen MR) is 85.6 cm³/mol. The first kappa shape index (κ1) is 16.7. The van der Waals surface area contributed by atoms with Crippen LogP contribution < -0.4 is 9.80 Å². The number of aromatic nitrogens is 3. The van der Waals surface area contributed by atoms with Gasteiger partial charge >= 0.3 is 0 Å². The van der Waals surface area contributed by atoms with Gasteiger partial charge in [-0.2, -0.15) is 0 Å². The molecule has 0 radical (unpaired) electrons. The van der Waals surface area contributed by atoms with Crippen molar-refractivity contribution in [2.45, 2.75) is 53.9 Å². The monoisotopic (exact) mass is 279 g/mol. The highest BCUT2D eigenvalue weighted by atomic mass is 15.4. The fraction of sp³-hybridized carbons (Fsp3) is 0.800. The molecule has 0 saturated carbocycles. The van der Waals surface area contributed by atoms with E-state index in [4.69, 9.17) is 0 Å². The van der Waals surface area contributed by atoms with E-state index in [0.29, 0.717) is 0 Å². The Morgan fingerprint density at radius 1 is 0.800 bits per heavy atom. The summed E-state index contributed by atoms with van der Waals surface area (Å²) in [6.07, 6.45) is 0. The summed E-state index contributed by atoms with van der Waals surface area (Å²) in [4.78, 5) is 4.58. The highest BCUT2D eigenvalue weighted by Gasteiger charge is 2.28. The van der Waals surface area contributed by atoms with Crippen molar-refractivity contribution in [3.8, 4) is 0 Å². The molecular formula is C15H29N5. The lowest BCUT2D eigenvalue weighted by atomic mass is 9.90. The van der Waals surface area contributed by atoms with Crippen molar-refractivity contribution in [3.63, 3.8) is 0 Å². The van der Waals surface area contributed by atoms with E-state index in [-0.39, 0.29) is 5.41 Å². The van der Waals surface area contributed by atoms with Gasteiger partial charge in [0.05, 0.1) is 5.69 Å². The Labute approximate surface area is 123 Å². The van der Waals surface area contributed by atoms with Crippen LogP contribution in [-0.4, -0.2) is 41.6 Å². The summed E-state index contributed by atoms with van der Waals surface area (Å²) in [5, 5.41) is 12.7. The van der Waals surface area contributed by atoms with Crippen LogP contribution in [0.25, 0.3) is 0 Å². The van der Waals surface area contributed by atoms with Gasteiger partial charge in [-0.25, -0.2) is 0 Å². The Morgan fingerprint density at radius 2 is 1.30 bits per heavy atom. The van der Waals surface area contributed by atoms with Gasteiger partial charge in [0, 0.05) is 31.6 Å². The molecule has 20 heavy (non-hydrogen) atoms. The molecule has 1 rings (SSSR count). The molecule has 5 nitrogen and oxygen atoms in total. The minimum Gasteiger partial charge on any atom is -0.367 e. The highest BCUT2D eigenvalue weighted by molar-refractivity contribution is 5.70. The van der Waals surface area contributed by atoms with E-state index in [1.54, 1.807) is 0 Å². The maximum absolute atomic E-state index is 4.35. The average Bonchev–Trinajstić information content (AvgIpc) is 2.41. The van der Waals surface area contributed by atoms with Crippen molar-refractivity contribution in [2.75, 3.05) is 36.0 Å². The van der Waals surface area contributed by atoms with Gasteiger partial charge in [-0.15, -0.1) is 10.2 Å². The standard InChI is InChI=1S/C15H29N5/c1-8-19(9-2)12-13(15(5,6)7)16-18-17-14(12)20(10-3)11-4/h8-11H2,1-7H3. The maximum Gasteiger partial charge on any atom is 0.178 e. The summed E-state index contributed by atoms with van der Waals surface area (Å²) in [6, 6.07) is 0. The molecule has 0 aliphatic carbocycles. The van der Waals surface area contributed by atoms with Crippen molar-refractivity contribution in [1.82, 2.24) is 15.4 Å². The van der Waals surface area contributed by atoms with Crippen LogP contribution in [0.5, 0.6) is 0 Å². The third-order valence-corrected chi connectivity index (χ3v) is 3.57. The topological polar surface area (TPSA) is 45.2 Å². The van der Waals surface area contributed by atoms with E-state index in [9.17, 15) is 0 Å². The molecule has 0 unspecified atom stereocenters. The number of anilines is 2. The Kier molecular flexibility index (Phi) is 5.72. The molecule has 1 aromatic heterocycles. The maximum atomic E-state index is 4.35.